The van der Waals surface area contributed by atoms with Crippen molar-refractivity contribution >= 4 is 15.9 Å². The molecule has 0 atom stereocenters. The fourth-order valence-corrected chi connectivity index (χ4v) is 1.39. The van der Waals surface area contributed by atoms with Crippen molar-refractivity contribution in [3.05, 3.63) is 45.4 Å². The van der Waals surface area contributed by atoms with Crippen LogP contribution in [0.15, 0.2) is 39.9 Å². The maximum atomic E-state index is 11.2. The van der Waals surface area contributed by atoms with Gasteiger partial charge in [-0.1, -0.05) is 6.07 Å². The number of rotatable bonds is 2. The predicted octanol–water partition coefficient (Wildman–Crippen LogP) is 2.03. The van der Waals surface area contributed by atoms with Gasteiger partial charge in [-0.05, 0) is 28.1 Å². The Morgan fingerprint density at radius 2 is 2.25 bits per heavy atom. The summed E-state index contributed by atoms with van der Waals surface area (Å²) in [6.45, 7) is 0. The molecule has 0 amide bonds. The zero-order valence-corrected chi connectivity index (χ0v) is 9.56. The van der Waals surface area contributed by atoms with Crippen LogP contribution in [0, 0.1) is 0 Å². The number of halogens is 1. The van der Waals surface area contributed by atoms with Gasteiger partial charge < -0.3 is 14.8 Å². The molecule has 82 valence electrons. The lowest BCUT2D eigenvalue weighted by Gasteiger charge is -2.05. The number of phenolic OH excluding ortho intramolecular Hbond substituents is 1. The number of phenols is 1. The van der Waals surface area contributed by atoms with E-state index < -0.39 is 0 Å². The first-order chi connectivity index (χ1) is 7.66. The summed E-state index contributed by atoms with van der Waals surface area (Å²) in [5.41, 5.74) is -0.329. The second kappa shape index (κ2) is 4.36. The molecule has 6 heteroatoms. The highest BCUT2D eigenvalue weighted by atomic mass is 79.9. The van der Waals surface area contributed by atoms with Crippen LogP contribution in [-0.2, 0) is 0 Å². The highest BCUT2D eigenvalue weighted by Gasteiger charge is 2.07. The number of nitrogens with zero attached hydrogens (tertiary/aromatic N) is 1. The third-order valence-corrected chi connectivity index (χ3v) is 2.50. The van der Waals surface area contributed by atoms with E-state index in [1.807, 2.05) is 0 Å². The molecule has 0 aliphatic heterocycles. The van der Waals surface area contributed by atoms with Gasteiger partial charge >= 0.3 is 0 Å². The lowest BCUT2D eigenvalue weighted by Crippen LogP contribution is -2.08. The van der Waals surface area contributed by atoms with Crippen molar-refractivity contribution in [3.8, 4) is 17.4 Å². The van der Waals surface area contributed by atoms with Gasteiger partial charge in [0.1, 0.15) is 16.0 Å². The van der Waals surface area contributed by atoms with E-state index in [0.717, 1.165) is 0 Å². The van der Waals surface area contributed by atoms with Crippen LogP contribution >= 0.6 is 15.9 Å². The average molecular weight is 283 g/mol. The Balaban J connectivity index is 2.34. The molecule has 0 spiro atoms. The number of aromatic amines is 1. The summed E-state index contributed by atoms with van der Waals surface area (Å²) in [7, 11) is 0. The third kappa shape index (κ3) is 2.22. The molecule has 0 radical (unpaired) electrons. The molecule has 0 bridgehead atoms. The number of aromatic hydroxyl groups is 1. The number of ether oxygens (including phenoxy) is 1. The van der Waals surface area contributed by atoms with Crippen molar-refractivity contribution in [1.82, 2.24) is 9.97 Å². The SMILES string of the molecule is O=c1[nH]cnc(Oc2cccc(O)c2)c1Br. The van der Waals surface area contributed by atoms with Crippen LogP contribution in [0.3, 0.4) is 0 Å². The van der Waals surface area contributed by atoms with Gasteiger partial charge in [-0.3, -0.25) is 4.79 Å². The van der Waals surface area contributed by atoms with Crippen molar-refractivity contribution in [3.63, 3.8) is 0 Å². The van der Waals surface area contributed by atoms with E-state index in [1.165, 1.54) is 18.5 Å². The van der Waals surface area contributed by atoms with Crippen LogP contribution in [0.2, 0.25) is 0 Å². The molecule has 1 heterocycles. The maximum Gasteiger partial charge on any atom is 0.268 e. The molecule has 0 saturated carbocycles. The quantitative estimate of drug-likeness (QED) is 0.884. The monoisotopic (exact) mass is 282 g/mol. The maximum absolute atomic E-state index is 11.2. The number of nitrogens with one attached hydrogen (secondary N) is 1. The minimum atomic E-state index is -0.329. The van der Waals surface area contributed by atoms with Gasteiger partial charge in [-0.15, -0.1) is 0 Å². The Morgan fingerprint density at radius 3 is 3.00 bits per heavy atom. The summed E-state index contributed by atoms with van der Waals surface area (Å²) < 4.78 is 5.54. The van der Waals surface area contributed by atoms with E-state index in [-0.39, 0.29) is 21.7 Å². The van der Waals surface area contributed by atoms with Gasteiger partial charge in [-0.2, -0.15) is 0 Å². The highest BCUT2D eigenvalue weighted by molar-refractivity contribution is 9.10. The number of hydrogen-bond acceptors (Lipinski definition) is 4. The predicted molar refractivity (Wildman–Crippen MR) is 60.7 cm³/mol. The topological polar surface area (TPSA) is 75.2 Å². The standard InChI is InChI=1S/C10H7BrN2O3/c11-8-9(15)12-5-13-10(8)16-7-3-1-2-6(14)4-7/h1-5,14H,(H,12,13,15). The fraction of sp³-hybridized carbons (Fsp3) is 0. The Bertz CT molecular complexity index is 568. The fourth-order valence-electron chi connectivity index (χ4n) is 1.10. The van der Waals surface area contributed by atoms with Crippen molar-refractivity contribution in [2.45, 2.75) is 0 Å². The van der Waals surface area contributed by atoms with Gasteiger partial charge in [-0.25, -0.2) is 4.98 Å². The Kier molecular flexibility index (Phi) is 2.91. The van der Waals surface area contributed by atoms with E-state index in [2.05, 4.69) is 25.9 Å². The Hall–Kier alpha value is -1.82. The lowest BCUT2D eigenvalue weighted by molar-refractivity contribution is 0.442. The van der Waals surface area contributed by atoms with Crippen molar-refractivity contribution in [2.24, 2.45) is 0 Å². The molecule has 2 aromatic rings. The molecule has 1 aromatic carbocycles. The summed E-state index contributed by atoms with van der Waals surface area (Å²) in [6.07, 6.45) is 1.24. The van der Waals surface area contributed by atoms with Crippen LogP contribution in [0.1, 0.15) is 0 Å². The average Bonchev–Trinajstić information content (AvgIpc) is 2.25. The molecule has 2 rings (SSSR count). The number of hydrogen-bond donors (Lipinski definition) is 2. The van der Waals surface area contributed by atoms with Crippen LogP contribution in [0.25, 0.3) is 0 Å². The normalized spacial score (nSPS) is 10.1. The molecular formula is C10H7BrN2O3. The molecule has 0 unspecified atom stereocenters. The van der Waals surface area contributed by atoms with Crippen LogP contribution < -0.4 is 10.3 Å². The minimum absolute atomic E-state index is 0.0819. The molecular weight excluding hydrogens is 276 g/mol. The number of benzene rings is 1. The van der Waals surface area contributed by atoms with Gasteiger partial charge in [0.15, 0.2) is 0 Å². The zero-order chi connectivity index (χ0) is 11.5. The molecule has 0 saturated heterocycles. The van der Waals surface area contributed by atoms with Crippen molar-refractivity contribution in [1.29, 1.82) is 0 Å². The van der Waals surface area contributed by atoms with Gasteiger partial charge in [0.25, 0.3) is 5.56 Å². The second-order valence-electron chi connectivity index (χ2n) is 2.95. The molecule has 0 aliphatic carbocycles. The molecule has 0 aliphatic rings. The molecule has 1 aromatic heterocycles. The number of aromatic nitrogens is 2. The summed E-state index contributed by atoms with van der Waals surface area (Å²) in [5, 5.41) is 9.23. The third-order valence-electron chi connectivity index (χ3n) is 1.80. The molecule has 0 fully saturated rings. The van der Waals surface area contributed by atoms with E-state index in [0.29, 0.717) is 5.75 Å². The summed E-state index contributed by atoms with van der Waals surface area (Å²) in [4.78, 5) is 17.5. The zero-order valence-electron chi connectivity index (χ0n) is 7.98. The van der Waals surface area contributed by atoms with E-state index in [4.69, 9.17) is 4.74 Å². The Morgan fingerprint density at radius 1 is 1.44 bits per heavy atom. The first kappa shape index (κ1) is 10.7. The van der Waals surface area contributed by atoms with Crippen LogP contribution in [0.5, 0.6) is 17.4 Å². The molecule has 2 N–H and O–H groups in total. The smallest absolute Gasteiger partial charge is 0.268 e. The second-order valence-corrected chi connectivity index (χ2v) is 3.74. The van der Waals surface area contributed by atoms with Crippen molar-refractivity contribution in [2.75, 3.05) is 0 Å². The molecule has 16 heavy (non-hydrogen) atoms. The summed E-state index contributed by atoms with van der Waals surface area (Å²) in [5.74, 6) is 0.631. The van der Waals surface area contributed by atoms with Crippen molar-refractivity contribution < 1.29 is 9.84 Å². The number of H-pyrrole nitrogens is 1. The molecule has 5 nitrogen and oxygen atoms in total. The van der Waals surface area contributed by atoms with Gasteiger partial charge in [0.2, 0.25) is 5.88 Å². The van der Waals surface area contributed by atoms with E-state index >= 15 is 0 Å². The summed E-state index contributed by atoms with van der Waals surface area (Å²) in [6, 6.07) is 6.23. The van der Waals surface area contributed by atoms with Gasteiger partial charge in [0, 0.05) is 6.07 Å². The summed E-state index contributed by atoms with van der Waals surface area (Å²) >= 11 is 3.06. The van der Waals surface area contributed by atoms with E-state index in [1.54, 1.807) is 12.1 Å². The Labute approximate surface area is 98.9 Å². The largest absolute Gasteiger partial charge is 0.508 e. The lowest BCUT2D eigenvalue weighted by atomic mass is 10.3. The first-order valence-electron chi connectivity index (χ1n) is 4.37. The first-order valence-corrected chi connectivity index (χ1v) is 5.16. The van der Waals surface area contributed by atoms with Crippen LogP contribution in [0.4, 0.5) is 0 Å². The van der Waals surface area contributed by atoms with Crippen LogP contribution in [-0.4, -0.2) is 15.1 Å². The minimum Gasteiger partial charge on any atom is -0.508 e. The van der Waals surface area contributed by atoms with E-state index in [9.17, 15) is 9.90 Å². The highest BCUT2D eigenvalue weighted by Crippen LogP contribution is 2.26. The van der Waals surface area contributed by atoms with Gasteiger partial charge in [0.05, 0.1) is 6.33 Å².